The van der Waals surface area contributed by atoms with Crippen molar-refractivity contribution in [1.29, 1.82) is 0 Å². The van der Waals surface area contributed by atoms with E-state index in [1.807, 2.05) is 0 Å². The van der Waals surface area contributed by atoms with Crippen molar-refractivity contribution < 1.29 is 8.78 Å². The van der Waals surface area contributed by atoms with Gasteiger partial charge in [0.1, 0.15) is 22.3 Å². The Balaban J connectivity index is 1.94. The summed E-state index contributed by atoms with van der Waals surface area (Å²) in [4.78, 5) is -0.0412. The number of anilines is 1. The summed E-state index contributed by atoms with van der Waals surface area (Å²) < 4.78 is 29.1. The second kappa shape index (κ2) is 6.38. The number of thiocarbonyl (C=S) groups is 1. The molecule has 5 nitrogen and oxygen atoms in total. The second-order valence-corrected chi connectivity index (χ2v) is 4.57. The van der Waals surface area contributed by atoms with Gasteiger partial charge in [0.2, 0.25) is 0 Å². The van der Waals surface area contributed by atoms with Gasteiger partial charge in [-0.25, -0.2) is 8.78 Å². The summed E-state index contributed by atoms with van der Waals surface area (Å²) in [6.45, 7) is 1.02. The number of rotatable bonds is 6. The lowest BCUT2D eigenvalue weighted by molar-refractivity contribution is 0.562. The van der Waals surface area contributed by atoms with Gasteiger partial charge in [0.25, 0.3) is 0 Å². The van der Waals surface area contributed by atoms with E-state index in [0.29, 0.717) is 19.5 Å². The first-order valence-electron chi connectivity index (χ1n) is 5.94. The topological polar surface area (TPSA) is 68.8 Å². The lowest BCUT2D eigenvalue weighted by Gasteiger charge is -2.10. The van der Waals surface area contributed by atoms with E-state index in [9.17, 15) is 8.78 Å². The van der Waals surface area contributed by atoms with Crippen LogP contribution in [0.25, 0.3) is 0 Å². The molecule has 8 heteroatoms. The fourth-order valence-electron chi connectivity index (χ4n) is 1.69. The number of nitrogens with zero attached hydrogens (tertiary/aromatic N) is 3. The Hall–Kier alpha value is -2.09. The van der Waals surface area contributed by atoms with Crippen LogP contribution in [0.1, 0.15) is 12.0 Å². The molecule has 106 valence electrons. The summed E-state index contributed by atoms with van der Waals surface area (Å²) in [6.07, 6.45) is 3.94. The minimum Gasteiger partial charge on any atom is -0.389 e. The third kappa shape index (κ3) is 3.47. The molecule has 0 amide bonds. The number of hydrogen-bond acceptors (Lipinski definition) is 4. The predicted octanol–water partition coefficient (Wildman–Crippen LogP) is 1.69. The van der Waals surface area contributed by atoms with Crippen molar-refractivity contribution in [2.45, 2.75) is 13.0 Å². The van der Waals surface area contributed by atoms with E-state index in [0.717, 1.165) is 12.1 Å². The Labute approximate surface area is 119 Å². The summed E-state index contributed by atoms with van der Waals surface area (Å²) in [5.41, 5.74) is 5.33. The van der Waals surface area contributed by atoms with E-state index < -0.39 is 11.6 Å². The highest BCUT2D eigenvalue weighted by Gasteiger charge is 2.11. The smallest absolute Gasteiger partial charge is 0.150 e. The van der Waals surface area contributed by atoms with Gasteiger partial charge in [-0.2, -0.15) is 0 Å². The number of nitrogens with one attached hydrogen (secondary N) is 1. The maximum Gasteiger partial charge on any atom is 0.150 e. The zero-order chi connectivity index (χ0) is 14.5. The summed E-state index contributed by atoms with van der Waals surface area (Å²) >= 11 is 4.68. The summed E-state index contributed by atoms with van der Waals surface area (Å²) in [5.74, 6) is -1.43. The van der Waals surface area contributed by atoms with E-state index in [1.165, 1.54) is 0 Å². The van der Waals surface area contributed by atoms with Crippen LogP contribution in [0.4, 0.5) is 14.5 Å². The quantitative estimate of drug-likeness (QED) is 0.627. The Morgan fingerprint density at radius 3 is 2.60 bits per heavy atom. The zero-order valence-corrected chi connectivity index (χ0v) is 11.3. The van der Waals surface area contributed by atoms with E-state index in [4.69, 9.17) is 5.73 Å². The Bertz CT molecular complexity index is 577. The minimum atomic E-state index is -0.714. The van der Waals surface area contributed by atoms with E-state index in [-0.39, 0.29) is 16.2 Å². The maximum absolute atomic E-state index is 13.7. The standard InChI is InChI=1S/C12H13F2N5S/c13-9-6-8(12(15)20)7-10(14)11(9)16-2-1-4-19-5-3-17-18-19/h3,5-7,16H,1-2,4H2,(H2,15,20). The van der Waals surface area contributed by atoms with Crippen LogP contribution in [0.5, 0.6) is 0 Å². The normalized spacial score (nSPS) is 10.5. The molecule has 1 aromatic heterocycles. The van der Waals surface area contributed by atoms with Crippen LogP contribution < -0.4 is 11.1 Å². The third-order valence-electron chi connectivity index (χ3n) is 2.66. The zero-order valence-electron chi connectivity index (χ0n) is 10.5. The van der Waals surface area contributed by atoms with Crippen LogP contribution in [0, 0.1) is 11.6 Å². The summed E-state index contributed by atoms with van der Waals surface area (Å²) in [6, 6.07) is 2.23. The van der Waals surface area contributed by atoms with Crippen molar-refractivity contribution in [2.75, 3.05) is 11.9 Å². The first-order chi connectivity index (χ1) is 9.58. The first-order valence-corrected chi connectivity index (χ1v) is 6.35. The molecule has 0 unspecified atom stereocenters. The molecule has 2 rings (SSSR count). The Morgan fingerprint density at radius 1 is 1.35 bits per heavy atom. The summed E-state index contributed by atoms with van der Waals surface area (Å²) in [7, 11) is 0. The number of hydrogen-bond donors (Lipinski definition) is 2. The number of nitrogens with two attached hydrogens (primary N) is 1. The molecular formula is C12H13F2N5S. The molecule has 1 heterocycles. The minimum absolute atomic E-state index is 0.0412. The molecule has 0 saturated carbocycles. The molecule has 1 aromatic carbocycles. The first kappa shape index (κ1) is 14.3. The Morgan fingerprint density at radius 2 is 2.05 bits per heavy atom. The molecule has 0 atom stereocenters. The monoisotopic (exact) mass is 297 g/mol. The highest BCUT2D eigenvalue weighted by Crippen LogP contribution is 2.20. The lowest BCUT2D eigenvalue weighted by atomic mass is 10.2. The average molecular weight is 297 g/mol. The number of aryl methyl sites for hydroxylation is 1. The van der Waals surface area contributed by atoms with Crippen LogP contribution in [-0.2, 0) is 6.54 Å². The van der Waals surface area contributed by atoms with Gasteiger partial charge in [0, 0.05) is 24.8 Å². The van der Waals surface area contributed by atoms with Crippen LogP contribution in [0.15, 0.2) is 24.5 Å². The van der Waals surface area contributed by atoms with Gasteiger partial charge >= 0.3 is 0 Å². The SMILES string of the molecule is NC(=S)c1cc(F)c(NCCCn2ccnn2)c(F)c1. The average Bonchev–Trinajstić information content (AvgIpc) is 2.89. The molecule has 0 bridgehead atoms. The van der Waals surface area contributed by atoms with E-state index in [2.05, 4.69) is 27.8 Å². The largest absolute Gasteiger partial charge is 0.389 e. The van der Waals surface area contributed by atoms with Crippen molar-refractivity contribution in [3.8, 4) is 0 Å². The number of benzene rings is 1. The third-order valence-corrected chi connectivity index (χ3v) is 2.90. The van der Waals surface area contributed by atoms with Crippen LogP contribution in [0.3, 0.4) is 0 Å². The van der Waals surface area contributed by atoms with Gasteiger partial charge in [-0.15, -0.1) is 5.10 Å². The molecule has 3 N–H and O–H groups in total. The van der Waals surface area contributed by atoms with Crippen LogP contribution in [0.2, 0.25) is 0 Å². The van der Waals surface area contributed by atoms with E-state index in [1.54, 1.807) is 17.1 Å². The molecule has 0 aliphatic rings. The lowest BCUT2D eigenvalue weighted by Crippen LogP contribution is -2.13. The van der Waals surface area contributed by atoms with Crippen molar-refractivity contribution in [2.24, 2.45) is 5.73 Å². The molecule has 0 radical (unpaired) electrons. The van der Waals surface area contributed by atoms with Gasteiger partial charge in [-0.1, -0.05) is 17.4 Å². The molecule has 0 spiro atoms. The molecule has 0 aliphatic heterocycles. The fraction of sp³-hybridized carbons (Fsp3) is 0.250. The van der Waals surface area contributed by atoms with Gasteiger partial charge in [-0.3, -0.25) is 4.68 Å². The van der Waals surface area contributed by atoms with Gasteiger partial charge in [-0.05, 0) is 18.6 Å². The highest BCUT2D eigenvalue weighted by atomic mass is 32.1. The molecule has 0 aliphatic carbocycles. The van der Waals surface area contributed by atoms with Crippen molar-refractivity contribution in [3.05, 3.63) is 41.7 Å². The van der Waals surface area contributed by atoms with Crippen LogP contribution >= 0.6 is 12.2 Å². The number of halogens is 2. The second-order valence-electron chi connectivity index (χ2n) is 4.13. The van der Waals surface area contributed by atoms with E-state index >= 15 is 0 Å². The molecule has 0 fully saturated rings. The molecule has 0 saturated heterocycles. The molecular weight excluding hydrogens is 284 g/mol. The molecule has 2 aromatic rings. The maximum atomic E-state index is 13.7. The highest BCUT2D eigenvalue weighted by molar-refractivity contribution is 7.80. The van der Waals surface area contributed by atoms with Crippen molar-refractivity contribution in [1.82, 2.24) is 15.0 Å². The van der Waals surface area contributed by atoms with Crippen LogP contribution in [-0.4, -0.2) is 26.5 Å². The predicted molar refractivity (Wildman–Crippen MR) is 75.4 cm³/mol. The Kier molecular flexibility index (Phi) is 4.57. The fourth-order valence-corrected chi connectivity index (χ4v) is 1.81. The van der Waals surface area contributed by atoms with Gasteiger partial charge < -0.3 is 11.1 Å². The van der Waals surface area contributed by atoms with Crippen molar-refractivity contribution >= 4 is 22.9 Å². The van der Waals surface area contributed by atoms with Gasteiger partial charge in [0.15, 0.2) is 0 Å². The molecule has 20 heavy (non-hydrogen) atoms. The van der Waals surface area contributed by atoms with Gasteiger partial charge in [0.05, 0.1) is 6.20 Å². The van der Waals surface area contributed by atoms with Crippen molar-refractivity contribution in [3.63, 3.8) is 0 Å². The number of aromatic nitrogens is 3. The summed E-state index contributed by atoms with van der Waals surface area (Å²) in [5, 5.41) is 10.2.